The van der Waals surface area contributed by atoms with Gasteiger partial charge < -0.3 is 10.1 Å². The van der Waals surface area contributed by atoms with Gasteiger partial charge in [0.05, 0.1) is 22.3 Å². The number of rotatable bonds is 7. The van der Waals surface area contributed by atoms with E-state index in [1.165, 1.54) is 5.56 Å². The molecule has 2 heterocycles. The van der Waals surface area contributed by atoms with Crippen LogP contribution >= 0.6 is 11.6 Å². The minimum Gasteiger partial charge on any atom is -0.373 e. The first-order valence-corrected chi connectivity index (χ1v) is 11.5. The zero-order chi connectivity index (χ0) is 23.6. The monoisotopic (exact) mass is 463 g/mol. The number of hydrogen-bond donors (Lipinski definition) is 1. The summed E-state index contributed by atoms with van der Waals surface area (Å²) in [7, 11) is 0. The van der Waals surface area contributed by atoms with Crippen LogP contribution < -0.4 is 5.32 Å². The Labute approximate surface area is 200 Å². The number of nitrogens with one attached hydrogen (secondary N) is 1. The lowest BCUT2D eigenvalue weighted by Gasteiger charge is -2.19. The predicted molar refractivity (Wildman–Crippen MR) is 135 cm³/mol. The molecule has 172 valence electrons. The van der Waals surface area contributed by atoms with E-state index in [0.29, 0.717) is 41.4 Å². The fourth-order valence-electron chi connectivity index (χ4n) is 3.49. The summed E-state index contributed by atoms with van der Waals surface area (Å²) in [5.74, 6) is 1.71. The van der Waals surface area contributed by atoms with Crippen LogP contribution in [-0.4, -0.2) is 26.4 Å². The van der Waals surface area contributed by atoms with Crippen molar-refractivity contribution >= 4 is 34.1 Å². The first-order valence-electron chi connectivity index (χ1n) is 11.2. The van der Waals surface area contributed by atoms with Crippen LogP contribution in [0.4, 0.5) is 11.5 Å². The molecule has 0 spiro atoms. The summed E-state index contributed by atoms with van der Waals surface area (Å²) in [6.45, 7) is 11.8. The highest BCUT2D eigenvalue weighted by Gasteiger charge is 2.17. The van der Waals surface area contributed by atoms with Crippen LogP contribution in [0.1, 0.15) is 46.0 Å². The number of ether oxygens (including phenoxy) is 1. The van der Waals surface area contributed by atoms with Crippen molar-refractivity contribution < 1.29 is 4.74 Å². The number of nitrogens with zero attached hydrogens (tertiary/aromatic N) is 4. The lowest BCUT2D eigenvalue weighted by atomic mass is 9.87. The lowest BCUT2D eigenvalue weighted by Crippen LogP contribution is -2.11. The second kappa shape index (κ2) is 9.49. The summed E-state index contributed by atoms with van der Waals surface area (Å²) in [5.41, 5.74) is 3.76. The Kier molecular flexibility index (Phi) is 6.68. The molecule has 4 aromatic rings. The average molecular weight is 464 g/mol. The number of hydrogen-bond acceptors (Lipinski definition) is 5. The van der Waals surface area contributed by atoms with Crippen molar-refractivity contribution in [3.05, 3.63) is 71.1 Å². The Morgan fingerprint density at radius 3 is 2.42 bits per heavy atom. The Hall–Kier alpha value is -2.96. The fourth-order valence-corrected chi connectivity index (χ4v) is 3.70. The largest absolute Gasteiger partial charge is 0.373 e. The van der Waals surface area contributed by atoms with Crippen LogP contribution in [0, 0.1) is 5.92 Å². The maximum Gasteiger partial charge on any atom is 0.168 e. The highest BCUT2D eigenvalue weighted by atomic mass is 35.5. The summed E-state index contributed by atoms with van der Waals surface area (Å²) in [4.78, 5) is 9.52. The van der Waals surface area contributed by atoms with Crippen LogP contribution in [0.2, 0.25) is 5.02 Å². The summed E-state index contributed by atoms with van der Waals surface area (Å²) in [6, 6.07) is 16.0. The highest BCUT2D eigenvalue weighted by molar-refractivity contribution is 6.32. The molecule has 0 radical (unpaired) electrons. The van der Waals surface area contributed by atoms with Gasteiger partial charge in [-0.05, 0) is 41.2 Å². The van der Waals surface area contributed by atoms with Gasteiger partial charge >= 0.3 is 0 Å². The molecule has 7 heteroatoms. The Bertz CT molecular complexity index is 1240. The third kappa shape index (κ3) is 5.34. The van der Waals surface area contributed by atoms with Crippen LogP contribution in [0.3, 0.4) is 0 Å². The Balaban J connectivity index is 1.75. The third-order valence-electron chi connectivity index (χ3n) is 5.25. The maximum atomic E-state index is 6.45. The van der Waals surface area contributed by atoms with Gasteiger partial charge in [0.25, 0.3) is 0 Å². The molecule has 0 aliphatic carbocycles. The average Bonchev–Trinajstić information content (AvgIpc) is 3.18. The molecule has 2 aromatic heterocycles. The van der Waals surface area contributed by atoms with E-state index < -0.39 is 0 Å². The van der Waals surface area contributed by atoms with E-state index in [0.717, 1.165) is 16.8 Å². The number of fused-ring (bicyclic) bond motifs is 1. The standard InChI is InChI=1S/C26H30ClN5O/c1-17(2)15-33-16-23-30-24(29-19-12-10-18(11-13-19)26(3,4)5)20-14-28-32(25(20)31-23)22-9-7-6-8-21(22)27/h6-14,17H,15-16H2,1-5H3,(H,29,30,31). The molecule has 33 heavy (non-hydrogen) atoms. The van der Waals surface area contributed by atoms with E-state index in [-0.39, 0.29) is 5.41 Å². The van der Waals surface area contributed by atoms with Crippen molar-refractivity contribution in [2.45, 2.75) is 46.6 Å². The van der Waals surface area contributed by atoms with E-state index in [1.54, 1.807) is 10.9 Å². The fraction of sp³-hybridized carbons (Fsp3) is 0.346. The quantitative estimate of drug-likeness (QED) is 0.331. The predicted octanol–water partition coefficient (Wildman–Crippen LogP) is 6.68. The van der Waals surface area contributed by atoms with E-state index in [1.807, 2.05) is 24.3 Å². The second-order valence-corrected chi connectivity index (χ2v) is 10.0. The van der Waals surface area contributed by atoms with Crippen molar-refractivity contribution in [2.24, 2.45) is 5.92 Å². The maximum absolute atomic E-state index is 6.45. The smallest absolute Gasteiger partial charge is 0.168 e. The molecule has 0 fully saturated rings. The second-order valence-electron chi connectivity index (χ2n) is 9.59. The number of anilines is 2. The number of para-hydroxylation sites is 1. The molecule has 0 saturated heterocycles. The summed E-state index contributed by atoms with van der Waals surface area (Å²) < 4.78 is 7.57. The van der Waals surface area contributed by atoms with E-state index >= 15 is 0 Å². The topological polar surface area (TPSA) is 64.9 Å². The minimum atomic E-state index is 0.0950. The molecule has 0 unspecified atom stereocenters. The lowest BCUT2D eigenvalue weighted by molar-refractivity contribution is 0.0925. The zero-order valence-electron chi connectivity index (χ0n) is 19.8. The molecule has 0 amide bonds. The molecule has 0 aliphatic heterocycles. The number of halogens is 1. The van der Waals surface area contributed by atoms with Gasteiger partial charge in [0, 0.05) is 12.3 Å². The third-order valence-corrected chi connectivity index (χ3v) is 5.57. The molecule has 6 nitrogen and oxygen atoms in total. The van der Waals surface area contributed by atoms with Crippen molar-refractivity contribution in [2.75, 3.05) is 11.9 Å². The SMILES string of the molecule is CC(C)COCc1nc(Nc2ccc(C(C)(C)C)cc2)c2cnn(-c3ccccc3Cl)c2n1. The highest BCUT2D eigenvalue weighted by Crippen LogP contribution is 2.29. The molecule has 0 bridgehead atoms. The minimum absolute atomic E-state index is 0.0950. The molecular formula is C26H30ClN5O. The summed E-state index contributed by atoms with van der Waals surface area (Å²) in [5, 5.41) is 9.44. The van der Waals surface area contributed by atoms with Crippen LogP contribution in [0.25, 0.3) is 16.7 Å². The van der Waals surface area contributed by atoms with Crippen LogP contribution in [0.5, 0.6) is 0 Å². The van der Waals surface area contributed by atoms with E-state index in [9.17, 15) is 0 Å². The number of aromatic nitrogens is 4. The molecule has 1 N–H and O–H groups in total. The zero-order valence-corrected chi connectivity index (χ0v) is 20.5. The van der Waals surface area contributed by atoms with Crippen molar-refractivity contribution in [1.82, 2.24) is 19.7 Å². The van der Waals surface area contributed by atoms with Crippen molar-refractivity contribution in [3.8, 4) is 5.69 Å². The Morgan fingerprint density at radius 2 is 1.76 bits per heavy atom. The van der Waals surface area contributed by atoms with Gasteiger partial charge in [-0.25, -0.2) is 14.6 Å². The van der Waals surface area contributed by atoms with Crippen molar-refractivity contribution in [3.63, 3.8) is 0 Å². The molecule has 0 atom stereocenters. The molecule has 0 saturated carbocycles. The van der Waals surface area contributed by atoms with Gasteiger partial charge in [0.1, 0.15) is 12.4 Å². The van der Waals surface area contributed by atoms with Gasteiger partial charge in [-0.1, -0.05) is 70.5 Å². The van der Waals surface area contributed by atoms with Gasteiger partial charge in [0.2, 0.25) is 0 Å². The first kappa shape index (κ1) is 23.2. The van der Waals surface area contributed by atoms with Gasteiger partial charge in [-0.3, -0.25) is 0 Å². The first-order chi connectivity index (χ1) is 15.7. The van der Waals surface area contributed by atoms with Gasteiger partial charge in [-0.2, -0.15) is 5.10 Å². The summed E-state index contributed by atoms with van der Waals surface area (Å²) >= 11 is 6.45. The van der Waals surface area contributed by atoms with E-state index in [2.05, 4.69) is 69.3 Å². The van der Waals surface area contributed by atoms with Crippen LogP contribution in [-0.2, 0) is 16.8 Å². The molecule has 0 aliphatic rings. The Morgan fingerprint density at radius 1 is 1.03 bits per heavy atom. The van der Waals surface area contributed by atoms with Gasteiger partial charge in [0.15, 0.2) is 11.5 Å². The molecule has 2 aromatic carbocycles. The molecular weight excluding hydrogens is 434 g/mol. The molecule has 4 rings (SSSR count). The summed E-state index contributed by atoms with van der Waals surface area (Å²) in [6.07, 6.45) is 1.77. The van der Waals surface area contributed by atoms with E-state index in [4.69, 9.17) is 26.3 Å². The van der Waals surface area contributed by atoms with Crippen molar-refractivity contribution in [1.29, 1.82) is 0 Å². The van der Waals surface area contributed by atoms with Gasteiger partial charge in [-0.15, -0.1) is 0 Å². The normalized spacial score (nSPS) is 12.0. The number of benzene rings is 2. The van der Waals surface area contributed by atoms with Crippen LogP contribution in [0.15, 0.2) is 54.7 Å².